The predicted octanol–water partition coefficient (Wildman–Crippen LogP) is 4.62. The van der Waals surface area contributed by atoms with Crippen molar-refractivity contribution in [2.75, 3.05) is 11.4 Å². The molecule has 0 aliphatic carbocycles. The maximum absolute atomic E-state index is 13.3. The van der Waals surface area contributed by atoms with E-state index in [1.54, 1.807) is 17.0 Å². The van der Waals surface area contributed by atoms with Gasteiger partial charge in [0.15, 0.2) is 0 Å². The first-order chi connectivity index (χ1) is 9.02. The number of aryl methyl sites for hydroxylation is 1. The smallest absolute Gasteiger partial charge is 0.268 e. The Morgan fingerprint density at radius 3 is 2.68 bits per heavy atom. The highest BCUT2D eigenvalue weighted by Gasteiger charge is 2.19. The fourth-order valence-electron chi connectivity index (χ4n) is 1.79. The van der Waals surface area contributed by atoms with Gasteiger partial charge in [0.2, 0.25) is 0 Å². The first-order valence-corrected chi connectivity index (χ1v) is 7.47. The molecule has 19 heavy (non-hydrogen) atoms. The highest BCUT2D eigenvalue weighted by Crippen LogP contribution is 2.29. The molecule has 5 heteroatoms. The van der Waals surface area contributed by atoms with Crippen LogP contribution in [-0.4, -0.2) is 12.5 Å². The number of hydrogen-bond donors (Lipinski definition) is 0. The fraction of sp³-hybridized carbons (Fsp3) is 0.214. The third kappa shape index (κ3) is 3.04. The molecule has 2 nitrogen and oxygen atoms in total. The van der Waals surface area contributed by atoms with E-state index >= 15 is 0 Å². The lowest BCUT2D eigenvalue weighted by atomic mass is 10.2. The molecule has 0 bridgehead atoms. The molecule has 0 unspecified atom stereocenters. The predicted molar refractivity (Wildman–Crippen MR) is 80.5 cm³/mol. The zero-order valence-electron chi connectivity index (χ0n) is 10.6. The molecule has 1 aromatic heterocycles. The van der Waals surface area contributed by atoms with E-state index in [1.165, 1.54) is 23.5 Å². The summed E-state index contributed by atoms with van der Waals surface area (Å²) in [6.07, 6.45) is 0. The van der Waals surface area contributed by atoms with Gasteiger partial charge >= 0.3 is 0 Å². The highest BCUT2D eigenvalue weighted by atomic mass is 79.9. The van der Waals surface area contributed by atoms with Crippen molar-refractivity contribution < 1.29 is 9.18 Å². The quantitative estimate of drug-likeness (QED) is 0.797. The number of rotatable bonds is 3. The van der Waals surface area contributed by atoms with E-state index in [1.807, 2.05) is 19.9 Å². The Morgan fingerprint density at radius 2 is 2.16 bits per heavy atom. The lowest BCUT2D eigenvalue weighted by molar-refractivity contribution is 0.0992. The minimum atomic E-state index is -0.340. The van der Waals surface area contributed by atoms with Crippen LogP contribution in [0.1, 0.15) is 22.2 Å². The van der Waals surface area contributed by atoms with Crippen LogP contribution in [0.2, 0.25) is 0 Å². The highest BCUT2D eigenvalue weighted by molar-refractivity contribution is 9.11. The fourth-order valence-corrected chi connectivity index (χ4v) is 3.27. The van der Waals surface area contributed by atoms with Gasteiger partial charge < -0.3 is 4.90 Å². The Balaban J connectivity index is 2.34. The van der Waals surface area contributed by atoms with Gasteiger partial charge in [0, 0.05) is 12.2 Å². The normalized spacial score (nSPS) is 10.5. The van der Waals surface area contributed by atoms with E-state index in [0.29, 0.717) is 17.1 Å². The molecule has 0 N–H and O–H groups in total. The Hall–Kier alpha value is -1.20. The summed E-state index contributed by atoms with van der Waals surface area (Å²) in [6, 6.07) is 7.93. The van der Waals surface area contributed by atoms with Crippen molar-refractivity contribution in [3.8, 4) is 0 Å². The van der Waals surface area contributed by atoms with Crippen LogP contribution >= 0.6 is 27.3 Å². The Labute approximate surface area is 124 Å². The molecule has 1 aromatic carbocycles. The van der Waals surface area contributed by atoms with Crippen LogP contribution in [0, 0.1) is 12.7 Å². The van der Waals surface area contributed by atoms with Crippen LogP contribution in [-0.2, 0) is 0 Å². The van der Waals surface area contributed by atoms with E-state index in [2.05, 4.69) is 15.9 Å². The van der Waals surface area contributed by atoms with Crippen LogP contribution in [0.15, 0.2) is 34.1 Å². The number of benzene rings is 1. The Morgan fingerprint density at radius 1 is 1.42 bits per heavy atom. The van der Waals surface area contributed by atoms with Gasteiger partial charge in [0.05, 0.1) is 8.66 Å². The molecule has 2 rings (SSSR count). The molecule has 1 heterocycles. The molecule has 1 amide bonds. The van der Waals surface area contributed by atoms with Gasteiger partial charge in [-0.1, -0.05) is 6.07 Å². The van der Waals surface area contributed by atoms with Crippen LogP contribution in [0.25, 0.3) is 0 Å². The second kappa shape index (κ2) is 5.84. The molecular weight excluding hydrogens is 329 g/mol. The molecule has 0 saturated carbocycles. The summed E-state index contributed by atoms with van der Waals surface area (Å²) in [5.41, 5.74) is 1.61. The van der Waals surface area contributed by atoms with Crippen LogP contribution in [0.5, 0.6) is 0 Å². The van der Waals surface area contributed by atoms with Crippen molar-refractivity contribution in [3.05, 3.63) is 50.4 Å². The number of thiophene rings is 1. The van der Waals surface area contributed by atoms with Gasteiger partial charge in [0.1, 0.15) is 5.82 Å². The first-order valence-electron chi connectivity index (χ1n) is 5.86. The summed E-state index contributed by atoms with van der Waals surface area (Å²) in [7, 11) is 0. The first kappa shape index (κ1) is 14.2. The standard InChI is InChI=1S/C14H13BrFNOS/c1-3-17(11-6-4-5-10(16)8-11)14(18)12-7-9(2)13(15)19-12/h4-8H,3H2,1-2H3. The molecule has 0 saturated heterocycles. The molecule has 0 atom stereocenters. The van der Waals surface area contributed by atoms with Crippen molar-refractivity contribution in [3.63, 3.8) is 0 Å². The van der Waals surface area contributed by atoms with Crippen molar-refractivity contribution >= 4 is 38.9 Å². The second-order valence-corrected chi connectivity index (χ2v) is 6.47. The topological polar surface area (TPSA) is 20.3 Å². The second-order valence-electron chi connectivity index (χ2n) is 4.10. The van der Waals surface area contributed by atoms with Crippen LogP contribution in [0.3, 0.4) is 0 Å². The lowest BCUT2D eigenvalue weighted by Gasteiger charge is -2.20. The Bertz CT molecular complexity index is 592. The average molecular weight is 342 g/mol. The number of halogens is 2. The summed E-state index contributed by atoms with van der Waals surface area (Å²) in [4.78, 5) is 14.7. The van der Waals surface area contributed by atoms with E-state index in [0.717, 1.165) is 9.35 Å². The zero-order chi connectivity index (χ0) is 14.0. The van der Waals surface area contributed by atoms with Crippen LogP contribution < -0.4 is 4.90 Å². The van der Waals surface area contributed by atoms with Crippen molar-refractivity contribution in [2.24, 2.45) is 0 Å². The number of anilines is 1. The van der Waals surface area contributed by atoms with Crippen molar-refractivity contribution in [1.82, 2.24) is 0 Å². The molecule has 0 radical (unpaired) electrons. The number of amides is 1. The van der Waals surface area contributed by atoms with Gasteiger partial charge in [-0.05, 0) is 59.6 Å². The lowest BCUT2D eigenvalue weighted by Crippen LogP contribution is -2.30. The summed E-state index contributed by atoms with van der Waals surface area (Å²) in [6.45, 7) is 4.31. The van der Waals surface area contributed by atoms with Crippen LogP contribution in [0.4, 0.5) is 10.1 Å². The molecule has 0 aliphatic heterocycles. The monoisotopic (exact) mass is 341 g/mol. The van der Waals surface area contributed by atoms with E-state index in [9.17, 15) is 9.18 Å². The molecule has 0 fully saturated rings. The van der Waals surface area contributed by atoms with Gasteiger partial charge in [-0.25, -0.2) is 4.39 Å². The number of carbonyl (C=O) groups is 1. The Kier molecular flexibility index (Phi) is 4.37. The SMILES string of the molecule is CCN(C(=O)c1cc(C)c(Br)s1)c1cccc(F)c1. The van der Waals surface area contributed by atoms with E-state index in [-0.39, 0.29) is 11.7 Å². The molecule has 2 aromatic rings. The average Bonchev–Trinajstić information content (AvgIpc) is 2.70. The molecular formula is C14H13BrFNOS. The van der Waals surface area contributed by atoms with E-state index in [4.69, 9.17) is 0 Å². The van der Waals surface area contributed by atoms with Gasteiger partial charge in [0.25, 0.3) is 5.91 Å². The maximum Gasteiger partial charge on any atom is 0.268 e. The zero-order valence-corrected chi connectivity index (χ0v) is 13.0. The van der Waals surface area contributed by atoms with Crippen molar-refractivity contribution in [2.45, 2.75) is 13.8 Å². The summed E-state index contributed by atoms with van der Waals surface area (Å²) in [5, 5.41) is 0. The molecule has 100 valence electrons. The van der Waals surface area contributed by atoms with E-state index < -0.39 is 0 Å². The molecule has 0 aliphatic rings. The van der Waals surface area contributed by atoms with Crippen molar-refractivity contribution in [1.29, 1.82) is 0 Å². The number of carbonyl (C=O) groups excluding carboxylic acids is 1. The largest absolute Gasteiger partial charge is 0.308 e. The summed E-state index contributed by atoms with van der Waals surface area (Å²) >= 11 is 4.81. The minimum absolute atomic E-state index is 0.105. The summed E-state index contributed by atoms with van der Waals surface area (Å²) < 4.78 is 14.2. The maximum atomic E-state index is 13.3. The molecule has 0 spiro atoms. The van der Waals surface area contributed by atoms with Gasteiger partial charge in [-0.15, -0.1) is 11.3 Å². The number of nitrogens with zero attached hydrogens (tertiary/aromatic N) is 1. The minimum Gasteiger partial charge on any atom is -0.308 e. The number of hydrogen-bond acceptors (Lipinski definition) is 2. The van der Waals surface area contributed by atoms with Gasteiger partial charge in [-0.3, -0.25) is 4.79 Å². The van der Waals surface area contributed by atoms with Gasteiger partial charge in [-0.2, -0.15) is 0 Å². The third-order valence-electron chi connectivity index (χ3n) is 2.75. The summed E-state index contributed by atoms with van der Waals surface area (Å²) in [5.74, 6) is -0.445. The third-order valence-corrected chi connectivity index (χ3v) is 4.87.